The second kappa shape index (κ2) is 11.6. The third-order valence-electron chi connectivity index (χ3n) is 7.24. The number of carbonyl (C=O) groups excluding carboxylic acids is 1. The molecule has 1 aliphatic rings. The molecular weight excluding hydrogens is 516 g/mol. The molecule has 40 heavy (non-hydrogen) atoms. The van der Waals surface area contributed by atoms with Gasteiger partial charge in [0.25, 0.3) is 0 Å². The number of nitrogens with zero attached hydrogens (tertiary/aromatic N) is 5. The van der Waals surface area contributed by atoms with Gasteiger partial charge in [-0.15, -0.1) is 0 Å². The van der Waals surface area contributed by atoms with E-state index in [0.29, 0.717) is 43.0 Å². The molecule has 3 atom stereocenters. The normalized spacial score (nSPS) is 19.2. The molecule has 11 heteroatoms. The van der Waals surface area contributed by atoms with E-state index >= 15 is 8.78 Å². The van der Waals surface area contributed by atoms with E-state index in [0.717, 1.165) is 11.3 Å². The summed E-state index contributed by atoms with van der Waals surface area (Å²) in [5.41, 5.74) is 9.43. The minimum absolute atomic E-state index is 0.0929. The Labute approximate surface area is 231 Å². The molecule has 0 spiro atoms. The number of imidazole rings is 1. The number of ether oxygens (including phenoxy) is 1. The fraction of sp³-hybridized carbons (Fsp3) is 0.379. The average molecular weight is 550 g/mol. The molecule has 1 aliphatic heterocycles. The number of hydrogen-bond acceptors (Lipinski definition) is 7. The minimum Gasteiger partial charge on any atom is -0.377 e. The molecular formula is C29H33F2N7O2. The number of carbonyl (C=O) groups is 1. The molecule has 4 aromatic rings. The molecule has 0 bridgehead atoms. The molecule has 0 radical (unpaired) electrons. The lowest BCUT2D eigenvalue weighted by molar-refractivity contribution is -0.120. The number of benzene rings is 1. The molecule has 1 saturated heterocycles. The highest BCUT2D eigenvalue weighted by atomic mass is 19.1. The first-order valence-corrected chi connectivity index (χ1v) is 13.3. The Morgan fingerprint density at radius 3 is 2.65 bits per heavy atom. The molecule has 5 rings (SSSR count). The largest absolute Gasteiger partial charge is 0.377 e. The van der Waals surface area contributed by atoms with Crippen molar-refractivity contribution in [1.29, 1.82) is 0 Å². The van der Waals surface area contributed by atoms with Gasteiger partial charge in [0, 0.05) is 68.8 Å². The van der Waals surface area contributed by atoms with E-state index in [1.165, 1.54) is 19.1 Å². The number of hydrogen-bond donors (Lipinski definition) is 2. The second-order valence-corrected chi connectivity index (χ2v) is 10.3. The number of nitrogens with two attached hydrogens (primary N) is 1. The summed E-state index contributed by atoms with van der Waals surface area (Å²) in [4.78, 5) is 22.7. The molecule has 1 aromatic carbocycles. The van der Waals surface area contributed by atoms with Gasteiger partial charge in [0.1, 0.15) is 17.5 Å². The van der Waals surface area contributed by atoms with Crippen molar-refractivity contribution in [1.82, 2.24) is 24.9 Å². The average Bonchev–Trinajstić information content (AvgIpc) is 3.31. The number of piperidine rings is 1. The first-order chi connectivity index (χ1) is 19.2. The van der Waals surface area contributed by atoms with Crippen molar-refractivity contribution in [3.05, 3.63) is 77.5 Å². The lowest BCUT2D eigenvalue weighted by Gasteiger charge is -2.43. The van der Waals surface area contributed by atoms with Crippen LogP contribution in [0.3, 0.4) is 0 Å². The number of pyridine rings is 1. The van der Waals surface area contributed by atoms with Crippen molar-refractivity contribution >= 4 is 17.1 Å². The quantitative estimate of drug-likeness (QED) is 0.346. The van der Waals surface area contributed by atoms with Gasteiger partial charge in [0.05, 0.1) is 29.6 Å². The van der Waals surface area contributed by atoms with Crippen LogP contribution < -0.4 is 16.0 Å². The molecule has 4 heterocycles. The summed E-state index contributed by atoms with van der Waals surface area (Å²) >= 11 is 0. The van der Waals surface area contributed by atoms with Crippen LogP contribution in [0.5, 0.6) is 0 Å². The van der Waals surface area contributed by atoms with Gasteiger partial charge in [0.2, 0.25) is 5.91 Å². The summed E-state index contributed by atoms with van der Waals surface area (Å²) in [5.74, 6) is -0.762. The zero-order valence-electron chi connectivity index (χ0n) is 22.8. The fourth-order valence-corrected chi connectivity index (χ4v) is 5.40. The van der Waals surface area contributed by atoms with Crippen molar-refractivity contribution in [3.8, 4) is 11.3 Å². The van der Waals surface area contributed by atoms with Crippen molar-refractivity contribution in [3.63, 3.8) is 0 Å². The zero-order valence-corrected chi connectivity index (χ0v) is 22.8. The van der Waals surface area contributed by atoms with Crippen LogP contribution in [0.1, 0.15) is 37.7 Å². The first-order valence-electron chi connectivity index (χ1n) is 13.3. The summed E-state index contributed by atoms with van der Waals surface area (Å²) in [6.45, 7) is 7.25. The van der Waals surface area contributed by atoms with Crippen LogP contribution in [-0.4, -0.2) is 57.3 Å². The van der Waals surface area contributed by atoms with Gasteiger partial charge < -0.3 is 20.7 Å². The predicted molar refractivity (Wildman–Crippen MR) is 148 cm³/mol. The topological polar surface area (TPSA) is 111 Å². The van der Waals surface area contributed by atoms with E-state index < -0.39 is 11.6 Å². The Hall–Kier alpha value is -3.96. The Kier molecular flexibility index (Phi) is 8.04. The van der Waals surface area contributed by atoms with Gasteiger partial charge >= 0.3 is 0 Å². The predicted octanol–water partition coefficient (Wildman–Crippen LogP) is 3.48. The monoisotopic (exact) mass is 549 g/mol. The number of rotatable bonds is 8. The maximum absolute atomic E-state index is 15.0. The standard InChI is InChI=1S/C29H33F2N7O2/c1-4-40-16-19-9-22(30)28(23(31)10-19)25-6-5-21-13-34-27(38(21)36-25)11-20-12-33-8-7-26(20)37-14-17(2)29(24(32)15-37)35-18(3)39/h5-10,12-13,17,24,29H,4,11,14-16,32H2,1-3H3,(H,35,39)/t17-,24+,29-/m0/s1. The van der Waals surface area contributed by atoms with Crippen LogP contribution in [0.15, 0.2) is 48.9 Å². The Morgan fingerprint density at radius 2 is 1.95 bits per heavy atom. The third kappa shape index (κ3) is 5.66. The van der Waals surface area contributed by atoms with Crippen molar-refractivity contribution in [2.45, 2.75) is 45.9 Å². The van der Waals surface area contributed by atoms with E-state index in [-0.39, 0.29) is 41.8 Å². The number of aromatic nitrogens is 4. The van der Waals surface area contributed by atoms with Gasteiger partial charge in [-0.05, 0) is 48.7 Å². The molecule has 210 valence electrons. The number of anilines is 1. The van der Waals surface area contributed by atoms with Crippen LogP contribution in [0.25, 0.3) is 16.8 Å². The van der Waals surface area contributed by atoms with Crippen LogP contribution in [-0.2, 0) is 22.6 Å². The van der Waals surface area contributed by atoms with Crippen LogP contribution >= 0.6 is 0 Å². The summed E-state index contributed by atoms with van der Waals surface area (Å²) in [6.07, 6.45) is 5.58. The smallest absolute Gasteiger partial charge is 0.217 e. The molecule has 9 nitrogen and oxygen atoms in total. The maximum atomic E-state index is 15.0. The lowest BCUT2D eigenvalue weighted by Crippen LogP contribution is -2.61. The van der Waals surface area contributed by atoms with Gasteiger partial charge in [0.15, 0.2) is 0 Å². The van der Waals surface area contributed by atoms with Crippen molar-refractivity contribution < 1.29 is 18.3 Å². The second-order valence-electron chi connectivity index (χ2n) is 10.3. The number of amides is 1. The molecule has 3 aromatic heterocycles. The van der Waals surface area contributed by atoms with Crippen molar-refractivity contribution in [2.75, 3.05) is 24.6 Å². The Morgan fingerprint density at radius 1 is 1.18 bits per heavy atom. The number of halogens is 2. The van der Waals surface area contributed by atoms with Crippen LogP contribution in [0, 0.1) is 17.6 Å². The summed E-state index contributed by atoms with van der Waals surface area (Å²) in [7, 11) is 0. The third-order valence-corrected chi connectivity index (χ3v) is 7.24. The van der Waals surface area contributed by atoms with Gasteiger partial charge in [-0.2, -0.15) is 5.10 Å². The molecule has 1 amide bonds. The Bertz CT molecular complexity index is 1490. The summed E-state index contributed by atoms with van der Waals surface area (Å²) < 4.78 is 36.9. The zero-order chi connectivity index (χ0) is 28.4. The lowest BCUT2D eigenvalue weighted by atomic mass is 9.89. The van der Waals surface area contributed by atoms with Gasteiger partial charge in [-0.25, -0.2) is 18.3 Å². The number of fused-ring (bicyclic) bond motifs is 1. The maximum Gasteiger partial charge on any atom is 0.217 e. The van der Waals surface area contributed by atoms with E-state index in [9.17, 15) is 4.79 Å². The molecule has 3 N–H and O–H groups in total. The number of nitrogens with one attached hydrogen (secondary N) is 1. The highest BCUT2D eigenvalue weighted by Crippen LogP contribution is 2.29. The van der Waals surface area contributed by atoms with Gasteiger partial charge in [-0.1, -0.05) is 6.92 Å². The highest BCUT2D eigenvalue weighted by molar-refractivity contribution is 5.73. The molecule has 0 unspecified atom stereocenters. The molecule has 1 fully saturated rings. The molecule has 0 saturated carbocycles. The van der Waals surface area contributed by atoms with Crippen LogP contribution in [0.2, 0.25) is 0 Å². The summed E-state index contributed by atoms with van der Waals surface area (Å²) in [5, 5.41) is 7.55. The van der Waals surface area contributed by atoms with E-state index in [2.05, 4.69) is 32.2 Å². The Balaban J connectivity index is 1.43. The van der Waals surface area contributed by atoms with E-state index in [1.54, 1.807) is 35.2 Å². The highest BCUT2D eigenvalue weighted by Gasteiger charge is 2.33. The first kappa shape index (κ1) is 27.6. The van der Waals surface area contributed by atoms with E-state index in [4.69, 9.17) is 10.5 Å². The molecule has 0 aliphatic carbocycles. The van der Waals surface area contributed by atoms with Gasteiger partial charge in [-0.3, -0.25) is 9.78 Å². The summed E-state index contributed by atoms with van der Waals surface area (Å²) in [6, 6.07) is 7.47. The SMILES string of the molecule is CCOCc1cc(F)c(-c2ccc3cnc(Cc4cnccc4N4C[C@@H](N)[C@@H](NC(C)=O)[C@@H](C)C4)n3n2)c(F)c1. The van der Waals surface area contributed by atoms with Crippen molar-refractivity contribution in [2.24, 2.45) is 11.7 Å². The van der Waals surface area contributed by atoms with Crippen LogP contribution in [0.4, 0.5) is 14.5 Å². The fourth-order valence-electron chi connectivity index (χ4n) is 5.40. The van der Waals surface area contributed by atoms with E-state index in [1.807, 2.05) is 13.0 Å². The minimum atomic E-state index is -0.703.